The SMILES string of the molecule is CC(C)CNCC(O)CNC(=O)[C@@H](Cc1ccc2ccccc2c1)NC(=O)C1CCCN1C(=O)C1CCCC1. The number of benzene rings is 2. The number of rotatable bonds is 12. The van der Waals surface area contributed by atoms with E-state index in [-0.39, 0.29) is 30.2 Å². The molecule has 2 fully saturated rings. The summed E-state index contributed by atoms with van der Waals surface area (Å²) in [6, 6.07) is 12.7. The van der Waals surface area contributed by atoms with Crippen LogP contribution in [-0.2, 0) is 20.8 Å². The second kappa shape index (κ2) is 13.9. The summed E-state index contributed by atoms with van der Waals surface area (Å²) in [7, 11) is 0. The van der Waals surface area contributed by atoms with Crippen LogP contribution in [0.25, 0.3) is 10.8 Å². The maximum atomic E-state index is 13.5. The molecule has 8 nitrogen and oxygen atoms in total. The van der Waals surface area contributed by atoms with Crippen molar-refractivity contribution in [2.45, 2.75) is 77.0 Å². The number of aliphatic hydroxyl groups is 1. The molecule has 1 aliphatic heterocycles. The third kappa shape index (κ3) is 8.02. The average Bonchev–Trinajstić information content (AvgIpc) is 3.64. The van der Waals surface area contributed by atoms with Crippen LogP contribution in [0.2, 0.25) is 0 Å². The van der Waals surface area contributed by atoms with Crippen molar-refractivity contribution >= 4 is 28.5 Å². The highest BCUT2D eigenvalue weighted by Gasteiger charge is 2.39. The Labute approximate surface area is 231 Å². The van der Waals surface area contributed by atoms with Gasteiger partial charge in [0.25, 0.3) is 0 Å². The molecule has 0 bridgehead atoms. The summed E-state index contributed by atoms with van der Waals surface area (Å²) in [5.74, 6) is -0.0624. The molecule has 1 aliphatic carbocycles. The molecule has 2 aliphatic rings. The number of nitrogens with one attached hydrogen (secondary N) is 3. The number of carbonyl (C=O) groups excluding carboxylic acids is 3. The zero-order valence-electron chi connectivity index (χ0n) is 23.3. The number of likely N-dealkylation sites (tertiary alicyclic amines) is 1. The van der Waals surface area contributed by atoms with Gasteiger partial charge in [0, 0.05) is 32.0 Å². The summed E-state index contributed by atoms with van der Waals surface area (Å²) in [4.78, 5) is 41.7. The van der Waals surface area contributed by atoms with Crippen molar-refractivity contribution < 1.29 is 19.5 Å². The van der Waals surface area contributed by atoms with Crippen molar-refractivity contribution in [3.05, 3.63) is 48.0 Å². The van der Waals surface area contributed by atoms with E-state index >= 15 is 0 Å². The molecule has 2 aromatic rings. The van der Waals surface area contributed by atoms with Crippen LogP contribution in [-0.4, -0.2) is 72.1 Å². The van der Waals surface area contributed by atoms with Gasteiger partial charge in [0.05, 0.1) is 6.10 Å². The van der Waals surface area contributed by atoms with Crippen LogP contribution in [0, 0.1) is 11.8 Å². The maximum absolute atomic E-state index is 13.5. The number of nitrogens with zero attached hydrogens (tertiary/aromatic N) is 1. The third-order valence-electron chi connectivity index (χ3n) is 7.87. The fourth-order valence-corrected chi connectivity index (χ4v) is 5.74. The van der Waals surface area contributed by atoms with Gasteiger partial charge in [0.1, 0.15) is 12.1 Å². The first-order valence-corrected chi connectivity index (χ1v) is 14.6. The highest BCUT2D eigenvalue weighted by molar-refractivity contribution is 5.93. The molecule has 1 saturated carbocycles. The van der Waals surface area contributed by atoms with E-state index < -0.39 is 18.2 Å². The number of amides is 3. The summed E-state index contributed by atoms with van der Waals surface area (Å²) in [5.41, 5.74) is 0.929. The molecular weight excluding hydrogens is 492 g/mol. The van der Waals surface area contributed by atoms with E-state index in [1.54, 1.807) is 4.90 Å². The molecule has 2 aromatic carbocycles. The lowest BCUT2D eigenvalue weighted by Crippen LogP contribution is -2.55. The molecule has 0 aromatic heterocycles. The molecule has 0 radical (unpaired) electrons. The van der Waals surface area contributed by atoms with E-state index in [1.807, 2.05) is 42.5 Å². The molecule has 8 heteroatoms. The van der Waals surface area contributed by atoms with Gasteiger partial charge in [-0.05, 0) is 54.5 Å². The highest BCUT2D eigenvalue weighted by Crippen LogP contribution is 2.30. The zero-order chi connectivity index (χ0) is 27.8. The molecule has 2 unspecified atom stereocenters. The molecular formula is C31H44N4O4. The summed E-state index contributed by atoms with van der Waals surface area (Å²) < 4.78 is 0. The lowest BCUT2D eigenvalue weighted by Gasteiger charge is -2.28. The van der Waals surface area contributed by atoms with Crippen LogP contribution in [0.3, 0.4) is 0 Å². The molecule has 0 spiro atoms. The Morgan fingerprint density at radius 2 is 1.69 bits per heavy atom. The molecule has 4 N–H and O–H groups in total. The molecule has 3 amide bonds. The Morgan fingerprint density at radius 3 is 2.44 bits per heavy atom. The zero-order valence-corrected chi connectivity index (χ0v) is 23.3. The molecule has 1 heterocycles. The topological polar surface area (TPSA) is 111 Å². The van der Waals surface area contributed by atoms with Crippen LogP contribution >= 0.6 is 0 Å². The molecule has 212 valence electrons. The van der Waals surface area contributed by atoms with Crippen LogP contribution < -0.4 is 16.0 Å². The monoisotopic (exact) mass is 536 g/mol. The quantitative estimate of drug-likeness (QED) is 0.334. The standard InChI is InChI=1S/C31H44N4O4/c1-21(2)18-32-19-26(36)20-33-29(37)27(17-22-13-14-23-8-3-6-11-25(23)16-22)34-30(38)28-12-7-15-35(28)31(39)24-9-4-5-10-24/h3,6,8,11,13-14,16,21,24,26-28,32,36H,4-5,7,9-10,12,15,17-20H2,1-2H3,(H,33,37)(H,34,38)/t26?,27-,28?/m1/s1. The lowest BCUT2D eigenvalue weighted by atomic mass is 10.0. The van der Waals surface area contributed by atoms with Gasteiger partial charge in [-0.2, -0.15) is 0 Å². The minimum Gasteiger partial charge on any atom is -0.390 e. The van der Waals surface area contributed by atoms with Crippen molar-refractivity contribution in [2.75, 3.05) is 26.2 Å². The van der Waals surface area contributed by atoms with Gasteiger partial charge in [0.15, 0.2) is 0 Å². The van der Waals surface area contributed by atoms with Crippen molar-refractivity contribution in [2.24, 2.45) is 11.8 Å². The smallest absolute Gasteiger partial charge is 0.243 e. The second-order valence-corrected chi connectivity index (χ2v) is 11.6. The van der Waals surface area contributed by atoms with E-state index in [0.717, 1.165) is 55.0 Å². The molecule has 1 saturated heterocycles. The van der Waals surface area contributed by atoms with Crippen LogP contribution in [0.15, 0.2) is 42.5 Å². The van der Waals surface area contributed by atoms with Gasteiger partial charge in [-0.15, -0.1) is 0 Å². The van der Waals surface area contributed by atoms with E-state index in [1.165, 1.54) is 0 Å². The first-order chi connectivity index (χ1) is 18.8. The van der Waals surface area contributed by atoms with Crippen LogP contribution in [0.5, 0.6) is 0 Å². The molecule has 39 heavy (non-hydrogen) atoms. The minimum absolute atomic E-state index is 0.0147. The fourth-order valence-electron chi connectivity index (χ4n) is 5.74. The predicted molar refractivity (Wildman–Crippen MR) is 153 cm³/mol. The number of hydrogen-bond donors (Lipinski definition) is 4. The minimum atomic E-state index is -0.821. The van der Waals surface area contributed by atoms with E-state index in [4.69, 9.17) is 0 Å². The first kappa shape index (κ1) is 29.0. The number of carbonyl (C=O) groups is 3. The first-order valence-electron chi connectivity index (χ1n) is 14.6. The van der Waals surface area contributed by atoms with Crippen molar-refractivity contribution in [1.29, 1.82) is 0 Å². The van der Waals surface area contributed by atoms with Gasteiger partial charge in [-0.25, -0.2) is 0 Å². The van der Waals surface area contributed by atoms with Gasteiger partial charge < -0.3 is 26.0 Å². The van der Waals surface area contributed by atoms with E-state index in [9.17, 15) is 19.5 Å². The summed E-state index contributed by atoms with van der Waals surface area (Å²) in [5, 5.41) is 21.5. The fraction of sp³-hybridized carbons (Fsp3) is 0.581. The van der Waals surface area contributed by atoms with Gasteiger partial charge >= 0.3 is 0 Å². The maximum Gasteiger partial charge on any atom is 0.243 e. The summed E-state index contributed by atoms with van der Waals surface area (Å²) in [6.45, 7) is 6.01. The summed E-state index contributed by atoms with van der Waals surface area (Å²) >= 11 is 0. The average molecular weight is 537 g/mol. The summed E-state index contributed by atoms with van der Waals surface area (Å²) in [6.07, 6.45) is 4.88. The van der Waals surface area contributed by atoms with E-state index in [0.29, 0.717) is 31.8 Å². The number of aliphatic hydroxyl groups excluding tert-OH is 1. The Hall–Kier alpha value is -2.97. The van der Waals surface area contributed by atoms with Crippen LogP contribution in [0.4, 0.5) is 0 Å². The Balaban J connectivity index is 1.44. The van der Waals surface area contributed by atoms with Gasteiger partial charge in [-0.1, -0.05) is 69.2 Å². The normalized spacial score (nSPS) is 19.4. The largest absolute Gasteiger partial charge is 0.390 e. The van der Waals surface area contributed by atoms with E-state index in [2.05, 4.69) is 29.8 Å². The van der Waals surface area contributed by atoms with Crippen LogP contribution in [0.1, 0.15) is 57.9 Å². The second-order valence-electron chi connectivity index (χ2n) is 11.6. The molecule has 4 rings (SSSR count). The van der Waals surface area contributed by atoms with Crippen molar-refractivity contribution in [3.8, 4) is 0 Å². The van der Waals surface area contributed by atoms with Crippen molar-refractivity contribution in [1.82, 2.24) is 20.9 Å². The Bertz CT molecular complexity index is 1130. The number of hydrogen-bond acceptors (Lipinski definition) is 5. The lowest BCUT2D eigenvalue weighted by molar-refractivity contribution is -0.142. The Kier molecular flexibility index (Phi) is 10.3. The van der Waals surface area contributed by atoms with Gasteiger partial charge in [0.2, 0.25) is 17.7 Å². The number of fused-ring (bicyclic) bond motifs is 1. The van der Waals surface area contributed by atoms with Gasteiger partial charge in [-0.3, -0.25) is 14.4 Å². The van der Waals surface area contributed by atoms with Crippen molar-refractivity contribution in [3.63, 3.8) is 0 Å². The Morgan fingerprint density at radius 1 is 0.949 bits per heavy atom. The predicted octanol–water partition coefficient (Wildman–Crippen LogP) is 2.77. The highest BCUT2D eigenvalue weighted by atomic mass is 16.3. The third-order valence-corrected chi connectivity index (χ3v) is 7.87. The molecule has 3 atom stereocenters.